The Bertz CT molecular complexity index is 338. The summed E-state index contributed by atoms with van der Waals surface area (Å²) in [6.07, 6.45) is 9.81. The van der Waals surface area contributed by atoms with Crippen LogP contribution in [0.25, 0.3) is 0 Å². The van der Waals surface area contributed by atoms with Gasteiger partial charge in [0.25, 0.3) is 0 Å². The maximum atomic E-state index is 6.02. The molecular formula is C12H21N5. The number of hydrogen-bond acceptors (Lipinski definition) is 3. The number of nitrogens with one attached hydrogen (secondary N) is 1. The van der Waals surface area contributed by atoms with Crippen LogP contribution in [0.4, 0.5) is 0 Å². The van der Waals surface area contributed by atoms with Crippen molar-refractivity contribution in [2.45, 2.75) is 44.9 Å². The molecule has 1 aromatic rings. The van der Waals surface area contributed by atoms with E-state index in [4.69, 9.17) is 5.73 Å². The van der Waals surface area contributed by atoms with Crippen LogP contribution < -0.4 is 5.73 Å². The normalized spacial score (nSPS) is 18.5. The van der Waals surface area contributed by atoms with Gasteiger partial charge in [-0.05, 0) is 19.3 Å². The number of H-pyrrole nitrogens is 1. The molecule has 2 rings (SSSR count). The second kappa shape index (κ2) is 6.37. The highest BCUT2D eigenvalue weighted by Crippen LogP contribution is 2.23. The molecule has 5 nitrogen and oxygen atoms in total. The third-order valence-corrected chi connectivity index (χ3v) is 3.35. The van der Waals surface area contributed by atoms with Crippen molar-refractivity contribution in [1.29, 1.82) is 0 Å². The van der Waals surface area contributed by atoms with Crippen molar-refractivity contribution in [1.82, 2.24) is 15.2 Å². The van der Waals surface area contributed by atoms with Crippen LogP contribution >= 0.6 is 0 Å². The third-order valence-electron chi connectivity index (χ3n) is 3.35. The van der Waals surface area contributed by atoms with E-state index in [2.05, 4.69) is 20.2 Å². The van der Waals surface area contributed by atoms with E-state index in [-0.39, 0.29) is 0 Å². The van der Waals surface area contributed by atoms with Crippen LogP contribution in [0, 0.1) is 5.92 Å². The van der Waals surface area contributed by atoms with Crippen molar-refractivity contribution < 1.29 is 0 Å². The largest absolute Gasteiger partial charge is 0.387 e. The Kier molecular flexibility index (Phi) is 4.53. The highest BCUT2D eigenvalue weighted by Gasteiger charge is 2.16. The first-order valence-electron chi connectivity index (χ1n) is 6.50. The van der Waals surface area contributed by atoms with E-state index in [9.17, 15) is 0 Å². The van der Waals surface area contributed by atoms with Gasteiger partial charge < -0.3 is 5.73 Å². The lowest BCUT2D eigenvalue weighted by atomic mass is 9.88. The fourth-order valence-corrected chi connectivity index (χ4v) is 2.33. The van der Waals surface area contributed by atoms with E-state index in [0.29, 0.717) is 5.92 Å². The molecule has 0 spiro atoms. The number of aliphatic imine (C=N–C) groups is 1. The van der Waals surface area contributed by atoms with E-state index in [0.717, 1.165) is 31.0 Å². The van der Waals surface area contributed by atoms with E-state index < -0.39 is 0 Å². The van der Waals surface area contributed by atoms with Crippen LogP contribution in [0.1, 0.15) is 44.3 Å². The molecule has 0 unspecified atom stereocenters. The molecule has 0 bridgehead atoms. The van der Waals surface area contributed by atoms with Gasteiger partial charge in [0, 0.05) is 18.9 Å². The smallest absolute Gasteiger partial charge is 0.137 e. The van der Waals surface area contributed by atoms with Crippen molar-refractivity contribution in [3.63, 3.8) is 0 Å². The maximum Gasteiger partial charge on any atom is 0.137 e. The molecule has 1 heterocycles. The summed E-state index contributed by atoms with van der Waals surface area (Å²) >= 11 is 0. The molecule has 1 aliphatic rings. The standard InChI is InChI=1S/C12H21N5/c13-12(10-5-2-1-3-6-10)14-8-4-7-11-15-9-16-17-11/h9-10H,1-8H2,(H2,13,14)(H,15,16,17). The third kappa shape index (κ3) is 3.84. The molecular weight excluding hydrogens is 214 g/mol. The number of rotatable bonds is 5. The minimum Gasteiger partial charge on any atom is -0.387 e. The summed E-state index contributed by atoms with van der Waals surface area (Å²) in [6.45, 7) is 0.795. The number of nitrogens with two attached hydrogens (primary N) is 1. The molecule has 0 radical (unpaired) electrons. The summed E-state index contributed by atoms with van der Waals surface area (Å²) in [4.78, 5) is 8.56. The van der Waals surface area contributed by atoms with Crippen LogP contribution in [0.15, 0.2) is 11.3 Å². The van der Waals surface area contributed by atoms with E-state index in [1.54, 1.807) is 0 Å². The topological polar surface area (TPSA) is 79.9 Å². The first-order valence-corrected chi connectivity index (χ1v) is 6.50. The highest BCUT2D eigenvalue weighted by molar-refractivity contribution is 5.82. The zero-order valence-corrected chi connectivity index (χ0v) is 10.2. The fourth-order valence-electron chi connectivity index (χ4n) is 2.33. The number of nitrogens with zero attached hydrogens (tertiary/aromatic N) is 3. The predicted octanol–water partition coefficient (Wildman–Crippen LogP) is 1.67. The quantitative estimate of drug-likeness (QED) is 0.463. The molecule has 1 aromatic heterocycles. The Hall–Kier alpha value is -1.39. The average molecular weight is 235 g/mol. The second-order valence-corrected chi connectivity index (χ2v) is 4.68. The molecule has 1 aliphatic carbocycles. The maximum absolute atomic E-state index is 6.02. The van der Waals surface area contributed by atoms with Crippen LogP contribution in [0.2, 0.25) is 0 Å². The molecule has 0 saturated heterocycles. The molecule has 0 amide bonds. The summed E-state index contributed by atoms with van der Waals surface area (Å²) in [6, 6.07) is 0. The summed E-state index contributed by atoms with van der Waals surface area (Å²) in [5.41, 5.74) is 6.02. The molecule has 0 atom stereocenters. The first-order chi connectivity index (χ1) is 8.36. The lowest BCUT2D eigenvalue weighted by Crippen LogP contribution is -2.26. The summed E-state index contributed by atoms with van der Waals surface area (Å²) in [5, 5.41) is 6.66. The molecule has 5 heteroatoms. The molecule has 0 aliphatic heterocycles. The van der Waals surface area contributed by atoms with Crippen molar-refractivity contribution in [3.05, 3.63) is 12.2 Å². The molecule has 1 saturated carbocycles. The lowest BCUT2D eigenvalue weighted by Gasteiger charge is -2.20. The number of aromatic nitrogens is 3. The van der Waals surface area contributed by atoms with Gasteiger partial charge in [-0.25, -0.2) is 4.98 Å². The Morgan fingerprint density at radius 1 is 1.41 bits per heavy atom. The number of aryl methyl sites for hydroxylation is 1. The Labute approximate surface area is 102 Å². The molecule has 17 heavy (non-hydrogen) atoms. The van der Waals surface area contributed by atoms with Gasteiger partial charge in [0.05, 0.1) is 5.84 Å². The van der Waals surface area contributed by atoms with Gasteiger partial charge in [-0.3, -0.25) is 10.1 Å². The van der Waals surface area contributed by atoms with Gasteiger partial charge in [0.2, 0.25) is 0 Å². The Morgan fingerprint density at radius 3 is 2.94 bits per heavy atom. The highest BCUT2D eigenvalue weighted by atomic mass is 15.2. The van der Waals surface area contributed by atoms with E-state index in [1.807, 2.05) is 0 Å². The summed E-state index contributed by atoms with van der Waals surface area (Å²) < 4.78 is 0. The second-order valence-electron chi connectivity index (χ2n) is 4.68. The summed E-state index contributed by atoms with van der Waals surface area (Å²) in [5.74, 6) is 2.33. The van der Waals surface area contributed by atoms with Gasteiger partial charge in [-0.15, -0.1) is 0 Å². The monoisotopic (exact) mass is 235 g/mol. The van der Waals surface area contributed by atoms with Crippen molar-refractivity contribution in [2.75, 3.05) is 6.54 Å². The predicted molar refractivity (Wildman–Crippen MR) is 67.8 cm³/mol. The van der Waals surface area contributed by atoms with E-state index >= 15 is 0 Å². The van der Waals surface area contributed by atoms with Gasteiger partial charge in [-0.2, -0.15) is 5.10 Å². The fraction of sp³-hybridized carbons (Fsp3) is 0.750. The molecule has 94 valence electrons. The van der Waals surface area contributed by atoms with Crippen molar-refractivity contribution in [2.24, 2.45) is 16.6 Å². The minimum atomic E-state index is 0.536. The Morgan fingerprint density at radius 2 is 2.24 bits per heavy atom. The number of hydrogen-bond donors (Lipinski definition) is 2. The number of aromatic amines is 1. The molecule has 1 fully saturated rings. The average Bonchev–Trinajstić information content (AvgIpc) is 2.88. The molecule has 0 aromatic carbocycles. The Balaban J connectivity index is 1.68. The van der Waals surface area contributed by atoms with Gasteiger partial charge in [0.15, 0.2) is 0 Å². The first kappa shape index (κ1) is 12.1. The lowest BCUT2D eigenvalue weighted by molar-refractivity contribution is 0.436. The zero-order chi connectivity index (χ0) is 11.9. The van der Waals surface area contributed by atoms with Crippen molar-refractivity contribution >= 4 is 5.84 Å². The van der Waals surface area contributed by atoms with Gasteiger partial charge in [-0.1, -0.05) is 19.3 Å². The summed E-state index contributed by atoms with van der Waals surface area (Å²) in [7, 11) is 0. The van der Waals surface area contributed by atoms with E-state index in [1.165, 1.54) is 38.4 Å². The number of amidine groups is 1. The van der Waals surface area contributed by atoms with Crippen LogP contribution in [-0.2, 0) is 6.42 Å². The van der Waals surface area contributed by atoms with Crippen LogP contribution in [-0.4, -0.2) is 27.6 Å². The zero-order valence-electron chi connectivity index (χ0n) is 10.2. The van der Waals surface area contributed by atoms with Gasteiger partial charge in [0.1, 0.15) is 12.2 Å². The van der Waals surface area contributed by atoms with Crippen molar-refractivity contribution in [3.8, 4) is 0 Å². The SMILES string of the molecule is NC(=NCCCc1ncn[nH]1)C1CCCCC1. The minimum absolute atomic E-state index is 0.536. The molecule has 3 N–H and O–H groups in total. The van der Waals surface area contributed by atoms with Gasteiger partial charge >= 0.3 is 0 Å². The van der Waals surface area contributed by atoms with Crippen LogP contribution in [0.3, 0.4) is 0 Å². The van der Waals surface area contributed by atoms with Crippen LogP contribution in [0.5, 0.6) is 0 Å².